The van der Waals surface area contributed by atoms with Crippen LogP contribution >= 0.6 is 0 Å². The van der Waals surface area contributed by atoms with Gasteiger partial charge in [-0.3, -0.25) is 0 Å². The van der Waals surface area contributed by atoms with E-state index in [0.717, 1.165) is 31.4 Å². The van der Waals surface area contributed by atoms with Crippen molar-refractivity contribution in [3.05, 3.63) is 71.3 Å². The van der Waals surface area contributed by atoms with E-state index in [-0.39, 0.29) is 6.61 Å². The van der Waals surface area contributed by atoms with E-state index in [1.165, 1.54) is 17.7 Å². The summed E-state index contributed by atoms with van der Waals surface area (Å²) in [5, 5.41) is 0. The van der Waals surface area contributed by atoms with E-state index < -0.39 is 23.3 Å². The Kier molecular flexibility index (Phi) is 6.41. The van der Waals surface area contributed by atoms with Crippen molar-refractivity contribution in [1.82, 2.24) is 0 Å². The Bertz CT molecular complexity index is 651. The van der Waals surface area contributed by atoms with Gasteiger partial charge in [-0.25, -0.2) is 4.79 Å². The number of carbonyl (C=O) groups excluding carboxylic acids is 1. The number of esters is 1. The molecule has 0 aliphatic rings. The molecule has 2 nitrogen and oxygen atoms in total. The van der Waals surface area contributed by atoms with Gasteiger partial charge in [0.05, 0.1) is 17.7 Å². The highest BCUT2D eigenvalue weighted by molar-refractivity contribution is 5.91. The Morgan fingerprint density at radius 2 is 1.54 bits per heavy atom. The van der Waals surface area contributed by atoms with Gasteiger partial charge in [-0.1, -0.05) is 42.5 Å². The lowest BCUT2D eigenvalue weighted by atomic mass is 10.1. The molecule has 24 heavy (non-hydrogen) atoms. The van der Waals surface area contributed by atoms with Crippen LogP contribution in [-0.4, -0.2) is 12.6 Å². The predicted octanol–water partition coefficient (Wildman–Crippen LogP) is 5.28. The highest BCUT2D eigenvalue weighted by Crippen LogP contribution is 2.32. The van der Waals surface area contributed by atoms with Crippen LogP contribution in [0.2, 0.25) is 0 Å². The van der Waals surface area contributed by atoms with Gasteiger partial charge in [0.1, 0.15) is 0 Å². The Balaban J connectivity index is 1.74. The highest BCUT2D eigenvalue weighted by atomic mass is 19.4. The van der Waals surface area contributed by atoms with Gasteiger partial charge < -0.3 is 4.74 Å². The van der Waals surface area contributed by atoms with Crippen LogP contribution in [0.25, 0.3) is 0 Å². The van der Waals surface area contributed by atoms with Crippen LogP contribution in [0.1, 0.15) is 40.7 Å². The quantitative estimate of drug-likeness (QED) is 0.508. The normalized spacial score (nSPS) is 11.3. The highest BCUT2D eigenvalue weighted by Gasteiger charge is 2.35. The molecule has 0 aliphatic carbocycles. The molecule has 2 rings (SSSR count). The van der Waals surface area contributed by atoms with Gasteiger partial charge in [0, 0.05) is 0 Å². The van der Waals surface area contributed by atoms with Crippen molar-refractivity contribution in [2.45, 2.75) is 31.9 Å². The first-order chi connectivity index (χ1) is 11.5. The van der Waals surface area contributed by atoms with Crippen molar-refractivity contribution in [2.75, 3.05) is 6.61 Å². The zero-order valence-electron chi connectivity index (χ0n) is 13.2. The second-order valence-corrected chi connectivity index (χ2v) is 5.48. The first kappa shape index (κ1) is 18.0. The summed E-state index contributed by atoms with van der Waals surface area (Å²) in [7, 11) is 0. The van der Waals surface area contributed by atoms with E-state index >= 15 is 0 Å². The molecule has 0 atom stereocenters. The van der Waals surface area contributed by atoms with Gasteiger partial charge in [-0.2, -0.15) is 13.2 Å². The number of hydrogen-bond donors (Lipinski definition) is 0. The van der Waals surface area contributed by atoms with E-state index in [1.807, 2.05) is 30.3 Å². The molecule has 0 fully saturated rings. The number of halogens is 3. The van der Waals surface area contributed by atoms with Crippen molar-refractivity contribution in [3.8, 4) is 0 Å². The zero-order chi connectivity index (χ0) is 17.4. The van der Waals surface area contributed by atoms with E-state index in [2.05, 4.69) is 0 Å². The predicted molar refractivity (Wildman–Crippen MR) is 85.7 cm³/mol. The molecule has 0 aliphatic heterocycles. The van der Waals surface area contributed by atoms with Crippen LogP contribution in [0.4, 0.5) is 13.2 Å². The summed E-state index contributed by atoms with van der Waals surface area (Å²) in [6.07, 6.45) is -1.20. The largest absolute Gasteiger partial charge is 0.462 e. The topological polar surface area (TPSA) is 26.3 Å². The van der Waals surface area contributed by atoms with Gasteiger partial charge in [0.2, 0.25) is 0 Å². The third-order valence-corrected chi connectivity index (χ3v) is 3.64. The molecular formula is C19H19F3O2. The summed E-state index contributed by atoms with van der Waals surface area (Å²) >= 11 is 0. The summed E-state index contributed by atoms with van der Waals surface area (Å²) in [5.41, 5.74) is -0.151. The smallest absolute Gasteiger partial charge is 0.417 e. The van der Waals surface area contributed by atoms with E-state index in [9.17, 15) is 18.0 Å². The zero-order valence-corrected chi connectivity index (χ0v) is 13.2. The number of carbonyl (C=O) groups is 1. The van der Waals surface area contributed by atoms with E-state index in [1.54, 1.807) is 0 Å². The number of aryl methyl sites for hydroxylation is 1. The Morgan fingerprint density at radius 3 is 2.25 bits per heavy atom. The van der Waals surface area contributed by atoms with Gasteiger partial charge in [-0.05, 0) is 43.4 Å². The van der Waals surface area contributed by atoms with Crippen LogP contribution in [0.5, 0.6) is 0 Å². The first-order valence-corrected chi connectivity index (χ1v) is 7.86. The number of unbranched alkanes of at least 4 members (excludes halogenated alkanes) is 2. The second kappa shape index (κ2) is 8.52. The molecule has 5 heteroatoms. The number of ether oxygens (including phenoxy) is 1. The molecule has 2 aromatic rings. The lowest BCUT2D eigenvalue weighted by Gasteiger charge is -2.12. The fourth-order valence-electron chi connectivity index (χ4n) is 2.40. The molecule has 0 saturated heterocycles. The minimum absolute atomic E-state index is 0.125. The maximum Gasteiger partial charge on any atom is 0.417 e. The summed E-state index contributed by atoms with van der Waals surface area (Å²) in [6, 6.07) is 14.7. The first-order valence-electron chi connectivity index (χ1n) is 7.86. The minimum atomic E-state index is -4.56. The van der Waals surface area contributed by atoms with Crippen molar-refractivity contribution >= 4 is 5.97 Å². The third-order valence-electron chi connectivity index (χ3n) is 3.64. The fourth-order valence-corrected chi connectivity index (χ4v) is 2.40. The van der Waals surface area contributed by atoms with Crippen molar-refractivity contribution < 1.29 is 22.7 Å². The minimum Gasteiger partial charge on any atom is -0.462 e. The standard InChI is InChI=1S/C19H19F3O2/c20-19(21,22)17-13-7-6-12-16(17)18(23)24-14-8-2-5-11-15-9-3-1-4-10-15/h1,3-4,6-7,9-10,12-13H,2,5,8,11,14H2. The van der Waals surface area contributed by atoms with E-state index in [4.69, 9.17) is 4.74 Å². The monoisotopic (exact) mass is 336 g/mol. The molecule has 0 spiro atoms. The molecule has 0 bridgehead atoms. The molecular weight excluding hydrogens is 317 g/mol. The molecule has 0 amide bonds. The number of benzene rings is 2. The average molecular weight is 336 g/mol. The van der Waals surface area contributed by atoms with Crippen molar-refractivity contribution in [2.24, 2.45) is 0 Å². The fraction of sp³-hybridized carbons (Fsp3) is 0.316. The summed E-state index contributed by atoms with van der Waals surface area (Å²) in [5.74, 6) is -0.925. The number of alkyl halides is 3. The Labute approximate surface area is 139 Å². The third kappa shape index (κ3) is 5.41. The van der Waals surface area contributed by atoms with Crippen molar-refractivity contribution in [3.63, 3.8) is 0 Å². The van der Waals surface area contributed by atoms with Crippen LogP contribution < -0.4 is 0 Å². The molecule has 0 unspecified atom stereocenters. The Hall–Kier alpha value is -2.30. The van der Waals surface area contributed by atoms with Crippen molar-refractivity contribution in [1.29, 1.82) is 0 Å². The van der Waals surface area contributed by atoms with Gasteiger partial charge >= 0.3 is 12.1 Å². The van der Waals surface area contributed by atoms with Crippen LogP contribution in [0, 0.1) is 0 Å². The Morgan fingerprint density at radius 1 is 0.875 bits per heavy atom. The van der Waals surface area contributed by atoms with Crippen LogP contribution in [0.3, 0.4) is 0 Å². The molecule has 128 valence electrons. The lowest BCUT2D eigenvalue weighted by molar-refractivity contribution is -0.138. The molecule has 0 saturated carbocycles. The summed E-state index contributed by atoms with van der Waals surface area (Å²) in [4.78, 5) is 11.8. The number of rotatable bonds is 7. The second-order valence-electron chi connectivity index (χ2n) is 5.48. The number of hydrogen-bond acceptors (Lipinski definition) is 2. The molecule has 0 N–H and O–H groups in total. The maximum absolute atomic E-state index is 12.9. The average Bonchev–Trinajstić information content (AvgIpc) is 2.58. The van der Waals surface area contributed by atoms with Crippen LogP contribution in [-0.2, 0) is 17.3 Å². The van der Waals surface area contributed by atoms with E-state index in [0.29, 0.717) is 6.42 Å². The van der Waals surface area contributed by atoms with Gasteiger partial charge in [0.25, 0.3) is 0 Å². The molecule has 0 aromatic heterocycles. The van der Waals surface area contributed by atoms with Gasteiger partial charge in [-0.15, -0.1) is 0 Å². The SMILES string of the molecule is O=C(OCCCCCc1ccccc1)c1ccccc1C(F)(F)F. The summed E-state index contributed by atoms with van der Waals surface area (Å²) < 4.78 is 43.5. The molecule has 2 aromatic carbocycles. The lowest BCUT2D eigenvalue weighted by Crippen LogP contribution is -2.15. The molecule has 0 radical (unpaired) electrons. The molecule has 0 heterocycles. The maximum atomic E-state index is 12.9. The van der Waals surface area contributed by atoms with Gasteiger partial charge in [0.15, 0.2) is 0 Å². The summed E-state index contributed by atoms with van der Waals surface area (Å²) in [6.45, 7) is 0.125. The van der Waals surface area contributed by atoms with Crippen LogP contribution in [0.15, 0.2) is 54.6 Å².